The summed E-state index contributed by atoms with van der Waals surface area (Å²) in [4.78, 5) is 25.0. The van der Waals surface area contributed by atoms with E-state index < -0.39 is 11.1 Å². The van der Waals surface area contributed by atoms with Crippen molar-refractivity contribution < 1.29 is 19.4 Å². The summed E-state index contributed by atoms with van der Waals surface area (Å²) in [6.07, 6.45) is 0. The van der Waals surface area contributed by atoms with E-state index in [0.717, 1.165) is 0 Å². The first-order valence-electron chi connectivity index (χ1n) is 6.47. The molecule has 2 aromatic carbocycles. The van der Waals surface area contributed by atoms with Gasteiger partial charge in [-0.15, -0.1) is 0 Å². The molecule has 0 fully saturated rings. The molecule has 0 aliphatic heterocycles. The van der Waals surface area contributed by atoms with Crippen LogP contribution in [0.1, 0.15) is 5.56 Å². The molecule has 0 bridgehead atoms. The van der Waals surface area contributed by atoms with Crippen LogP contribution in [-0.4, -0.2) is 17.3 Å². The summed E-state index contributed by atoms with van der Waals surface area (Å²) in [6.45, 7) is -0.358. The SMILES string of the molecule is COc1cccc2c(=O)oc3cc(CO)cc(O)c3c(=O)c12. The van der Waals surface area contributed by atoms with Crippen LogP contribution in [0.3, 0.4) is 0 Å². The topological polar surface area (TPSA) is 97.0 Å². The lowest BCUT2D eigenvalue weighted by Crippen LogP contribution is -2.03. The molecule has 3 rings (SSSR count). The average Bonchev–Trinajstić information content (AvgIpc) is 2.62. The molecule has 1 heterocycles. The van der Waals surface area contributed by atoms with E-state index in [-0.39, 0.29) is 39.8 Å². The van der Waals surface area contributed by atoms with Gasteiger partial charge in [0, 0.05) is 0 Å². The van der Waals surface area contributed by atoms with Crippen molar-refractivity contribution in [2.45, 2.75) is 6.61 Å². The van der Waals surface area contributed by atoms with Crippen LogP contribution in [-0.2, 0) is 6.61 Å². The third-order valence-corrected chi connectivity index (χ3v) is 3.45. The largest absolute Gasteiger partial charge is 0.507 e. The minimum Gasteiger partial charge on any atom is -0.507 e. The molecule has 0 amide bonds. The summed E-state index contributed by atoms with van der Waals surface area (Å²) >= 11 is 0. The zero-order chi connectivity index (χ0) is 15.9. The maximum atomic E-state index is 12.7. The van der Waals surface area contributed by atoms with Crippen molar-refractivity contribution in [3.63, 3.8) is 0 Å². The molecule has 0 spiro atoms. The van der Waals surface area contributed by atoms with Crippen LogP contribution >= 0.6 is 0 Å². The molecule has 2 N–H and O–H groups in total. The number of phenols is 1. The van der Waals surface area contributed by atoms with Crippen LogP contribution in [0.25, 0.3) is 21.7 Å². The predicted molar refractivity (Wildman–Crippen MR) is 80.4 cm³/mol. The van der Waals surface area contributed by atoms with Gasteiger partial charge in [-0.05, 0) is 29.8 Å². The number of phenolic OH excluding ortho intramolecular Hbond substituents is 1. The van der Waals surface area contributed by atoms with Crippen molar-refractivity contribution >= 4 is 21.7 Å². The van der Waals surface area contributed by atoms with E-state index in [0.29, 0.717) is 5.56 Å². The van der Waals surface area contributed by atoms with Crippen LogP contribution < -0.4 is 15.8 Å². The summed E-state index contributed by atoms with van der Waals surface area (Å²) in [5.74, 6) is -0.143. The molecule has 3 aromatic rings. The third-order valence-electron chi connectivity index (χ3n) is 3.45. The van der Waals surface area contributed by atoms with E-state index in [9.17, 15) is 14.7 Å². The molecule has 0 atom stereocenters. The second kappa shape index (κ2) is 5.16. The van der Waals surface area contributed by atoms with Crippen molar-refractivity contribution in [1.82, 2.24) is 0 Å². The monoisotopic (exact) mass is 300 g/mol. The van der Waals surface area contributed by atoms with Crippen molar-refractivity contribution in [3.05, 3.63) is 56.5 Å². The normalized spacial score (nSPS) is 11.0. The van der Waals surface area contributed by atoms with Gasteiger partial charge in [-0.1, -0.05) is 6.07 Å². The van der Waals surface area contributed by atoms with Gasteiger partial charge < -0.3 is 19.4 Å². The van der Waals surface area contributed by atoms with Gasteiger partial charge in [-0.3, -0.25) is 4.79 Å². The van der Waals surface area contributed by atoms with E-state index >= 15 is 0 Å². The Hall–Kier alpha value is -2.86. The number of aliphatic hydroxyl groups is 1. The molecule has 6 nitrogen and oxygen atoms in total. The quantitative estimate of drug-likeness (QED) is 0.744. The molecule has 1 aromatic heterocycles. The number of aromatic hydroxyl groups is 1. The van der Waals surface area contributed by atoms with Crippen LogP contribution in [0.2, 0.25) is 0 Å². The second-order valence-electron chi connectivity index (χ2n) is 4.75. The van der Waals surface area contributed by atoms with Gasteiger partial charge in [-0.25, -0.2) is 4.79 Å². The Balaban J connectivity index is 2.69. The standard InChI is InChI=1S/C16H12O6/c1-21-11-4-2-3-9-13(11)15(19)14-10(18)5-8(7-17)6-12(14)22-16(9)20/h2-6,17-18H,7H2,1H3. The van der Waals surface area contributed by atoms with E-state index in [1.54, 1.807) is 12.1 Å². The molecular formula is C16H12O6. The van der Waals surface area contributed by atoms with Gasteiger partial charge in [0.05, 0.1) is 24.5 Å². The summed E-state index contributed by atoms with van der Waals surface area (Å²) in [7, 11) is 1.38. The Morgan fingerprint density at radius 1 is 1.18 bits per heavy atom. The van der Waals surface area contributed by atoms with E-state index in [4.69, 9.17) is 14.3 Å². The summed E-state index contributed by atoms with van der Waals surface area (Å²) < 4.78 is 10.3. The fraction of sp³-hybridized carbons (Fsp3) is 0.125. The molecule has 0 radical (unpaired) electrons. The van der Waals surface area contributed by atoms with Crippen molar-refractivity contribution in [3.8, 4) is 11.5 Å². The number of hydrogen-bond acceptors (Lipinski definition) is 6. The zero-order valence-corrected chi connectivity index (χ0v) is 11.6. The fourth-order valence-electron chi connectivity index (χ4n) is 2.44. The van der Waals surface area contributed by atoms with Crippen LogP contribution in [0.5, 0.6) is 11.5 Å². The average molecular weight is 300 g/mol. The highest BCUT2D eigenvalue weighted by molar-refractivity contribution is 5.95. The Morgan fingerprint density at radius 2 is 1.95 bits per heavy atom. The zero-order valence-electron chi connectivity index (χ0n) is 11.6. The molecule has 22 heavy (non-hydrogen) atoms. The molecule has 6 heteroatoms. The predicted octanol–water partition coefficient (Wildman–Crippen LogP) is 1.51. The summed E-state index contributed by atoms with van der Waals surface area (Å²) in [5, 5.41) is 19.2. The molecule has 0 unspecified atom stereocenters. The Labute approximate surface area is 123 Å². The minimum absolute atomic E-state index is 0.0424. The highest BCUT2D eigenvalue weighted by Crippen LogP contribution is 2.26. The smallest absolute Gasteiger partial charge is 0.344 e. The molecule has 112 valence electrons. The van der Waals surface area contributed by atoms with Gasteiger partial charge in [0.15, 0.2) is 0 Å². The first-order valence-corrected chi connectivity index (χ1v) is 6.47. The van der Waals surface area contributed by atoms with Gasteiger partial charge in [0.2, 0.25) is 5.43 Å². The number of ether oxygens (including phenoxy) is 1. The van der Waals surface area contributed by atoms with Crippen molar-refractivity contribution in [1.29, 1.82) is 0 Å². The van der Waals surface area contributed by atoms with E-state index in [1.807, 2.05) is 0 Å². The Kier molecular flexibility index (Phi) is 3.30. The van der Waals surface area contributed by atoms with E-state index in [2.05, 4.69) is 0 Å². The maximum absolute atomic E-state index is 12.7. The van der Waals surface area contributed by atoms with Crippen molar-refractivity contribution in [2.24, 2.45) is 0 Å². The summed E-state index contributed by atoms with van der Waals surface area (Å²) in [6, 6.07) is 7.18. The Bertz CT molecular complexity index is 1000. The Morgan fingerprint density at radius 3 is 2.64 bits per heavy atom. The maximum Gasteiger partial charge on any atom is 0.344 e. The number of fused-ring (bicyclic) bond motifs is 2. The number of benzene rings is 2. The lowest BCUT2D eigenvalue weighted by molar-refractivity contribution is 0.281. The summed E-state index contributed by atoms with van der Waals surface area (Å²) in [5.41, 5.74) is -1.06. The van der Waals surface area contributed by atoms with E-state index in [1.165, 1.54) is 25.3 Å². The van der Waals surface area contributed by atoms with Gasteiger partial charge >= 0.3 is 5.63 Å². The molecule has 0 aliphatic carbocycles. The number of aliphatic hydroxyl groups excluding tert-OH is 1. The fourth-order valence-corrected chi connectivity index (χ4v) is 2.44. The highest BCUT2D eigenvalue weighted by Gasteiger charge is 2.15. The van der Waals surface area contributed by atoms with Gasteiger partial charge in [0.1, 0.15) is 22.5 Å². The molecule has 0 saturated heterocycles. The molecule has 0 aliphatic rings. The number of rotatable bonds is 2. The minimum atomic E-state index is -0.726. The molecule has 0 saturated carbocycles. The van der Waals surface area contributed by atoms with Gasteiger partial charge in [0.25, 0.3) is 0 Å². The van der Waals surface area contributed by atoms with Crippen LogP contribution in [0.15, 0.2) is 44.3 Å². The third kappa shape index (κ3) is 2.01. The first-order chi connectivity index (χ1) is 10.6. The lowest BCUT2D eigenvalue weighted by atomic mass is 10.1. The number of hydrogen-bond donors (Lipinski definition) is 2. The molecular weight excluding hydrogens is 288 g/mol. The van der Waals surface area contributed by atoms with Gasteiger partial charge in [-0.2, -0.15) is 0 Å². The lowest BCUT2D eigenvalue weighted by Gasteiger charge is -2.01. The highest BCUT2D eigenvalue weighted by atomic mass is 16.5. The second-order valence-corrected chi connectivity index (χ2v) is 4.75. The number of methoxy groups -OCH3 is 1. The van der Waals surface area contributed by atoms with Crippen LogP contribution in [0.4, 0.5) is 0 Å². The van der Waals surface area contributed by atoms with Crippen LogP contribution in [0, 0.1) is 0 Å². The first kappa shape index (κ1) is 14.1. The van der Waals surface area contributed by atoms with Crippen molar-refractivity contribution in [2.75, 3.05) is 7.11 Å².